The van der Waals surface area contributed by atoms with E-state index in [4.69, 9.17) is 9.84 Å². The Kier molecular flexibility index (Phi) is 8.01. The van der Waals surface area contributed by atoms with Gasteiger partial charge >= 0.3 is 5.97 Å². The number of piperidine rings is 1. The fraction of sp³-hybridized carbons (Fsp3) is 0.929. The van der Waals surface area contributed by atoms with E-state index in [1.54, 1.807) is 0 Å². The molecule has 0 unspecified atom stereocenters. The summed E-state index contributed by atoms with van der Waals surface area (Å²) < 4.78 is 5.09. The number of likely N-dealkylation sites (tertiary alicyclic amines) is 1. The smallest absolute Gasteiger partial charge is 0.310 e. The Bertz CT molecular complexity index is 233. The van der Waals surface area contributed by atoms with Gasteiger partial charge in [0.1, 0.15) is 0 Å². The molecule has 1 rings (SSSR count). The first-order valence-electron chi connectivity index (χ1n) is 7.27. The Morgan fingerprint density at radius 1 is 1.33 bits per heavy atom. The number of aliphatic hydroxyl groups excluding tert-OH is 1. The first-order valence-corrected chi connectivity index (χ1v) is 7.27. The summed E-state index contributed by atoms with van der Waals surface area (Å²) in [4.78, 5) is 14.1. The zero-order valence-corrected chi connectivity index (χ0v) is 11.6. The molecule has 1 saturated heterocycles. The van der Waals surface area contributed by atoms with Crippen LogP contribution in [0.25, 0.3) is 0 Å². The normalized spacial score (nSPS) is 20.9. The average Bonchev–Trinajstić information content (AvgIpc) is 2.39. The maximum atomic E-state index is 11.7. The van der Waals surface area contributed by atoms with Gasteiger partial charge in [0.15, 0.2) is 0 Å². The minimum absolute atomic E-state index is 0.0255. The summed E-state index contributed by atoms with van der Waals surface area (Å²) in [5.74, 6) is 0.0543. The van der Waals surface area contributed by atoms with Crippen LogP contribution >= 0.6 is 0 Å². The SMILES string of the molecule is CCOC(=O)[C@@H]1CCCN(CCCCCCO)C1. The van der Waals surface area contributed by atoms with E-state index >= 15 is 0 Å². The fourth-order valence-corrected chi connectivity index (χ4v) is 2.51. The maximum Gasteiger partial charge on any atom is 0.310 e. The molecular formula is C14H27NO3. The number of esters is 1. The summed E-state index contributed by atoms with van der Waals surface area (Å²) in [5.41, 5.74) is 0. The van der Waals surface area contributed by atoms with E-state index in [9.17, 15) is 4.79 Å². The van der Waals surface area contributed by atoms with E-state index < -0.39 is 0 Å². The third-order valence-electron chi connectivity index (χ3n) is 3.51. The summed E-state index contributed by atoms with van der Waals surface area (Å²) in [6.45, 7) is 5.68. The molecule has 106 valence electrons. The number of unbranched alkanes of at least 4 members (excludes halogenated alkanes) is 3. The Balaban J connectivity index is 2.16. The Morgan fingerprint density at radius 2 is 2.11 bits per heavy atom. The van der Waals surface area contributed by atoms with Gasteiger partial charge in [-0.1, -0.05) is 12.8 Å². The summed E-state index contributed by atoms with van der Waals surface area (Å²) in [7, 11) is 0. The predicted molar refractivity (Wildman–Crippen MR) is 71.4 cm³/mol. The van der Waals surface area contributed by atoms with Crippen molar-refractivity contribution in [3.63, 3.8) is 0 Å². The van der Waals surface area contributed by atoms with Crippen molar-refractivity contribution in [3.8, 4) is 0 Å². The van der Waals surface area contributed by atoms with Crippen molar-refractivity contribution in [1.29, 1.82) is 0 Å². The number of carbonyl (C=O) groups excluding carboxylic acids is 1. The van der Waals surface area contributed by atoms with Gasteiger partial charge in [-0.2, -0.15) is 0 Å². The first-order chi connectivity index (χ1) is 8.77. The molecule has 4 heteroatoms. The topological polar surface area (TPSA) is 49.8 Å². The molecule has 1 heterocycles. The highest BCUT2D eigenvalue weighted by Crippen LogP contribution is 2.18. The molecule has 4 nitrogen and oxygen atoms in total. The van der Waals surface area contributed by atoms with Crippen LogP contribution in [0.15, 0.2) is 0 Å². The van der Waals surface area contributed by atoms with Gasteiger partial charge < -0.3 is 14.7 Å². The van der Waals surface area contributed by atoms with Crippen molar-refractivity contribution in [2.24, 2.45) is 5.92 Å². The molecule has 0 amide bonds. The van der Waals surface area contributed by atoms with E-state index in [1.807, 2.05) is 6.92 Å². The van der Waals surface area contributed by atoms with Crippen molar-refractivity contribution < 1.29 is 14.6 Å². The summed E-state index contributed by atoms with van der Waals surface area (Å²) in [6, 6.07) is 0. The molecule has 0 bridgehead atoms. The predicted octanol–water partition coefficient (Wildman–Crippen LogP) is 1.81. The average molecular weight is 257 g/mol. The van der Waals surface area contributed by atoms with Gasteiger partial charge in [0.25, 0.3) is 0 Å². The number of ether oxygens (including phenoxy) is 1. The summed E-state index contributed by atoms with van der Waals surface area (Å²) in [5, 5.41) is 8.70. The number of hydrogen-bond donors (Lipinski definition) is 1. The highest BCUT2D eigenvalue weighted by atomic mass is 16.5. The van der Waals surface area contributed by atoms with Crippen molar-refractivity contribution >= 4 is 5.97 Å². The fourth-order valence-electron chi connectivity index (χ4n) is 2.51. The highest BCUT2D eigenvalue weighted by Gasteiger charge is 2.26. The van der Waals surface area contributed by atoms with E-state index in [0.717, 1.165) is 51.7 Å². The Labute approximate surface area is 110 Å². The van der Waals surface area contributed by atoms with Gasteiger partial charge in [-0.25, -0.2) is 0 Å². The molecule has 0 aromatic rings. The van der Waals surface area contributed by atoms with E-state index in [1.165, 1.54) is 6.42 Å². The van der Waals surface area contributed by atoms with Crippen LogP contribution in [0.5, 0.6) is 0 Å². The molecular weight excluding hydrogens is 230 g/mol. The second-order valence-electron chi connectivity index (χ2n) is 5.03. The van der Waals surface area contributed by atoms with Crippen LogP contribution in [0, 0.1) is 5.92 Å². The lowest BCUT2D eigenvalue weighted by atomic mass is 9.98. The number of rotatable bonds is 8. The lowest BCUT2D eigenvalue weighted by Crippen LogP contribution is -2.39. The largest absolute Gasteiger partial charge is 0.466 e. The number of hydrogen-bond acceptors (Lipinski definition) is 4. The first kappa shape index (κ1) is 15.4. The molecule has 0 radical (unpaired) electrons. The molecule has 1 aliphatic rings. The van der Waals surface area contributed by atoms with Crippen molar-refractivity contribution in [3.05, 3.63) is 0 Å². The van der Waals surface area contributed by atoms with Crippen LogP contribution in [0.2, 0.25) is 0 Å². The molecule has 1 atom stereocenters. The van der Waals surface area contributed by atoms with Gasteiger partial charge in [0.2, 0.25) is 0 Å². The van der Waals surface area contributed by atoms with Crippen LogP contribution in [0.3, 0.4) is 0 Å². The molecule has 1 N–H and O–H groups in total. The van der Waals surface area contributed by atoms with E-state index in [2.05, 4.69) is 4.90 Å². The quantitative estimate of drug-likeness (QED) is 0.532. The third-order valence-corrected chi connectivity index (χ3v) is 3.51. The van der Waals surface area contributed by atoms with Gasteiger partial charge in [0.05, 0.1) is 12.5 Å². The molecule has 0 saturated carbocycles. The van der Waals surface area contributed by atoms with E-state index in [-0.39, 0.29) is 11.9 Å². The van der Waals surface area contributed by atoms with Crippen LogP contribution in [-0.2, 0) is 9.53 Å². The van der Waals surface area contributed by atoms with Crippen LogP contribution in [0.1, 0.15) is 45.4 Å². The second-order valence-corrected chi connectivity index (χ2v) is 5.03. The molecule has 1 aliphatic heterocycles. The minimum Gasteiger partial charge on any atom is -0.466 e. The minimum atomic E-state index is -0.0255. The molecule has 0 spiro atoms. The Morgan fingerprint density at radius 3 is 2.83 bits per heavy atom. The number of nitrogens with zero attached hydrogens (tertiary/aromatic N) is 1. The van der Waals surface area contributed by atoms with Crippen LogP contribution in [0.4, 0.5) is 0 Å². The summed E-state index contributed by atoms with van der Waals surface area (Å²) in [6.07, 6.45) is 6.41. The van der Waals surface area contributed by atoms with Gasteiger partial charge in [-0.15, -0.1) is 0 Å². The highest BCUT2D eigenvalue weighted by molar-refractivity contribution is 5.72. The van der Waals surface area contributed by atoms with Crippen molar-refractivity contribution in [2.75, 3.05) is 32.8 Å². The van der Waals surface area contributed by atoms with Crippen LogP contribution < -0.4 is 0 Å². The number of aliphatic hydroxyl groups is 1. The Hall–Kier alpha value is -0.610. The molecule has 1 fully saturated rings. The lowest BCUT2D eigenvalue weighted by Gasteiger charge is -2.31. The summed E-state index contributed by atoms with van der Waals surface area (Å²) >= 11 is 0. The van der Waals surface area contributed by atoms with Crippen molar-refractivity contribution in [2.45, 2.75) is 45.4 Å². The monoisotopic (exact) mass is 257 g/mol. The zero-order chi connectivity index (χ0) is 13.2. The third kappa shape index (κ3) is 5.83. The van der Waals surface area contributed by atoms with Gasteiger partial charge in [-0.3, -0.25) is 4.79 Å². The van der Waals surface area contributed by atoms with Gasteiger partial charge in [-0.05, 0) is 45.7 Å². The molecule has 0 aliphatic carbocycles. The van der Waals surface area contributed by atoms with E-state index in [0.29, 0.717) is 13.2 Å². The molecule has 0 aromatic carbocycles. The lowest BCUT2D eigenvalue weighted by molar-refractivity contribution is -0.149. The zero-order valence-electron chi connectivity index (χ0n) is 11.6. The number of carbonyl (C=O) groups is 1. The van der Waals surface area contributed by atoms with Crippen LogP contribution in [-0.4, -0.2) is 48.8 Å². The molecule has 18 heavy (non-hydrogen) atoms. The van der Waals surface area contributed by atoms with Gasteiger partial charge in [0, 0.05) is 13.2 Å². The van der Waals surface area contributed by atoms with Crippen molar-refractivity contribution in [1.82, 2.24) is 4.90 Å². The second kappa shape index (κ2) is 9.34. The molecule has 0 aromatic heterocycles. The standard InChI is InChI=1S/C14H27NO3/c1-2-18-14(17)13-8-7-10-15(12-13)9-5-3-4-6-11-16/h13,16H,2-12H2,1H3/t13-/m1/s1. The maximum absolute atomic E-state index is 11.7.